The minimum Gasteiger partial charge on any atom is -0.478 e. The van der Waals surface area contributed by atoms with E-state index in [2.05, 4.69) is 15.9 Å². The van der Waals surface area contributed by atoms with E-state index in [0.29, 0.717) is 10.0 Å². The summed E-state index contributed by atoms with van der Waals surface area (Å²) in [6.45, 7) is 0. The molecule has 0 saturated carbocycles. The molecule has 0 spiro atoms. The average Bonchev–Trinajstić information content (AvgIpc) is 1.88. The van der Waals surface area contributed by atoms with E-state index in [4.69, 9.17) is 5.11 Å². The van der Waals surface area contributed by atoms with Gasteiger partial charge in [0.05, 0.1) is 5.56 Å². The maximum Gasteiger partial charge on any atom is 0.336 e. The summed E-state index contributed by atoms with van der Waals surface area (Å²) < 4.78 is 0.613. The molecule has 0 radical (unpaired) electrons. The molecule has 0 aliphatic carbocycles. The minimum absolute atomic E-state index is 0. The highest BCUT2D eigenvalue weighted by atomic mass is 79.9. The highest BCUT2D eigenvalue weighted by Gasteiger charge is 2.04. The summed E-state index contributed by atoms with van der Waals surface area (Å²) in [5.74, 6) is -0.910. The lowest BCUT2D eigenvalue weighted by Crippen LogP contribution is -1.95. The van der Waals surface area contributed by atoms with Crippen molar-refractivity contribution in [2.75, 3.05) is 0 Å². The molecule has 60 valence electrons. The molecule has 0 atom stereocenters. The molecule has 0 aliphatic rings. The number of carboxylic acids is 1. The molecular weight excluding hydrogens is 231 g/mol. The Kier molecular flexibility index (Phi) is 4.15. The predicted molar refractivity (Wildman–Crippen MR) is 48.3 cm³/mol. The summed E-state index contributed by atoms with van der Waals surface area (Å²) >= 11 is 3.12. The van der Waals surface area contributed by atoms with Gasteiger partial charge in [0.1, 0.15) is 0 Å². The van der Waals surface area contributed by atoms with Crippen molar-refractivity contribution in [1.29, 1.82) is 0 Å². The van der Waals surface area contributed by atoms with Crippen molar-refractivity contribution in [2.45, 2.75) is 0 Å². The monoisotopic (exact) mass is 236 g/mol. The van der Waals surface area contributed by atoms with Crippen LogP contribution in [0.1, 0.15) is 10.4 Å². The largest absolute Gasteiger partial charge is 0.478 e. The number of hydrogen-bond acceptors (Lipinski definition) is 1. The zero-order valence-electron chi connectivity index (χ0n) is 5.45. The Morgan fingerprint density at radius 3 is 2.27 bits per heavy atom. The van der Waals surface area contributed by atoms with Crippen LogP contribution in [0.25, 0.3) is 0 Å². The summed E-state index contributed by atoms with van der Waals surface area (Å²) in [5.41, 5.74) is 0.294. The molecular formula is C7H6BrClO2. The Morgan fingerprint density at radius 2 is 1.91 bits per heavy atom. The number of aromatic carboxylic acids is 1. The number of benzene rings is 1. The molecule has 0 aromatic heterocycles. The second-order valence-electron chi connectivity index (χ2n) is 1.78. The third kappa shape index (κ3) is 2.52. The van der Waals surface area contributed by atoms with Crippen molar-refractivity contribution in [3.8, 4) is 0 Å². The van der Waals surface area contributed by atoms with E-state index in [0.717, 1.165) is 0 Å². The number of halogens is 2. The van der Waals surface area contributed by atoms with E-state index in [9.17, 15) is 4.79 Å². The van der Waals surface area contributed by atoms with Crippen LogP contribution in [0.15, 0.2) is 28.7 Å². The molecule has 1 N–H and O–H groups in total. The van der Waals surface area contributed by atoms with Gasteiger partial charge in [-0.1, -0.05) is 12.1 Å². The first kappa shape index (κ1) is 10.5. The summed E-state index contributed by atoms with van der Waals surface area (Å²) in [6, 6.07) is 6.71. The molecule has 11 heavy (non-hydrogen) atoms. The first-order chi connectivity index (χ1) is 4.72. The highest BCUT2D eigenvalue weighted by Crippen LogP contribution is 2.14. The topological polar surface area (TPSA) is 37.3 Å². The van der Waals surface area contributed by atoms with Crippen LogP contribution >= 0.6 is 28.3 Å². The Balaban J connectivity index is 0.000001000. The number of carboxylic acid groups (broad SMARTS) is 1. The maximum absolute atomic E-state index is 10.4. The lowest BCUT2D eigenvalue weighted by molar-refractivity contribution is 0.0696. The Bertz CT molecular complexity index is 262. The van der Waals surface area contributed by atoms with Crippen LogP contribution in [-0.4, -0.2) is 11.1 Å². The van der Waals surface area contributed by atoms with Crippen LogP contribution < -0.4 is 0 Å². The van der Waals surface area contributed by atoms with Crippen molar-refractivity contribution < 1.29 is 9.90 Å². The van der Waals surface area contributed by atoms with Crippen molar-refractivity contribution in [1.82, 2.24) is 0 Å². The number of rotatable bonds is 1. The van der Waals surface area contributed by atoms with Crippen LogP contribution in [0, 0.1) is 0 Å². The smallest absolute Gasteiger partial charge is 0.336 e. The standard InChI is InChI=1S/C7H5BrO2.ClH/c8-6-4-2-1-3-5(6)7(9)10;/h1-4H,(H,9,10);1H. The maximum atomic E-state index is 10.4. The second-order valence-corrected chi connectivity index (χ2v) is 2.64. The number of hydrogen-bond donors (Lipinski definition) is 1. The van der Waals surface area contributed by atoms with E-state index in [1.54, 1.807) is 24.3 Å². The molecule has 0 amide bonds. The van der Waals surface area contributed by atoms with Gasteiger partial charge in [-0.25, -0.2) is 4.79 Å². The summed E-state index contributed by atoms with van der Waals surface area (Å²) in [5, 5.41) is 8.54. The molecule has 1 rings (SSSR count). The van der Waals surface area contributed by atoms with Gasteiger partial charge < -0.3 is 5.11 Å². The fourth-order valence-corrected chi connectivity index (χ4v) is 1.09. The summed E-state index contributed by atoms with van der Waals surface area (Å²) in [6.07, 6.45) is 0. The molecule has 0 heterocycles. The van der Waals surface area contributed by atoms with Gasteiger partial charge in [0.15, 0.2) is 0 Å². The molecule has 0 fully saturated rings. The van der Waals surface area contributed by atoms with Crippen LogP contribution in [0.2, 0.25) is 0 Å². The first-order valence-electron chi connectivity index (χ1n) is 2.69. The average molecular weight is 237 g/mol. The SMILES string of the molecule is Cl.O=C(O)c1ccccc1Br. The normalized spacial score (nSPS) is 8.45. The van der Waals surface area contributed by atoms with E-state index in [1.165, 1.54) is 0 Å². The number of carbonyl (C=O) groups is 1. The fourth-order valence-electron chi connectivity index (χ4n) is 0.635. The van der Waals surface area contributed by atoms with Crippen molar-refractivity contribution >= 4 is 34.3 Å². The van der Waals surface area contributed by atoms with Gasteiger partial charge in [-0.15, -0.1) is 12.4 Å². The molecule has 1 aromatic carbocycles. The highest BCUT2D eigenvalue weighted by molar-refractivity contribution is 9.10. The zero-order valence-corrected chi connectivity index (χ0v) is 7.85. The zero-order chi connectivity index (χ0) is 7.56. The van der Waals surface area contributed by atoms with Crippen molar-refractivity contribution in [3.63, 3.8) is 0 Å². The quantitative estimate of drug-likeness (QED) is 0.815. The van der Waals surface area contributed by atoms with Crippen molar-refractivity contribution in [3.05, 3.63) is 34.3 Å². The summed E-state index contributed by atoms with van der Waals surface area (Å²) in [7, 11) is 0. The third-order valence-corrected chi connectivity index (χ3v) is 1.80. The Labute approximate surface area is 78.8 Å². The molecule has 0 unspecified atom stereocenters. The molecule has 0 saturated heterocycles. The van der Waals surface area contributed by atoms with Gasteiger partial charge in [-0.3, -0.25) is 0 Å². The van der Waals surface area contributed by atoms with Crippen molar-refractivity contribution in [2.24, 2.45) is 0 Å². The van der Waals surface area contributed by atoms with Crippen LogP contribution in [0.4, 0.5) is 0 Å². The van der Waals surface area contributed by atoms with Crippen LogP contribution in [-0.2, 0) is 0 Å². The lowest BCUT2D eigenvalue weighted by atomic mass is 10.2. The van der Waals surface area contributed by atoms with Gasteiger partial charge in [0.2, 0.25) is 0 Å². The van der Waals surface area contributed by atoms with Gasteiger partial charge in [-0.2, -0.15) is 0 Å². The summed E-state index contributed by atoms with van der Waals surface area (Å²) in [4.78, 5) is 10.4. The van der Waals surface area contributed by atoms with E-state index >= 15 is 0 Å². The van der Waals surface area contributed by atoms with Crippen LogP contribution in [0.5, 0.6) is 0 Å². The molecule has 0 bridgehead atoms. The molecule has 1 aromatic rings. The third-order valence-electron chi connectivity index (χ3n) is 1.10. The minimum atomic E-state index is -0.910. The predicted octanol–water partition coefficient (Wildman–Crippen LogP) is 2.57. The molecule has 2 nitrogen and oxygen atoms in total. The lowest BCUT2D eigenvalue weighted by Gasteiger charge is -1.94. The van der Waals surface area contributed by atoms with E-state index in [-0.39, 0.29) is 12.4 Å². The van der Waals surface area contributed by atoms with E-state index < -0.39 is 5.97 Å². The Hall–Kier alpha value is -0.540. The second kappa shape index (κ2) is 4.36. The first-order valence-corrected chi connectivity index (χ1v) is 3.49. The van der Waals surface area contributed by atoms with Gasteiger partial charge in [-0.05, 0) is 28.1 Å². The van der Waals surface area contributed by atoms with E-state index in [1.807, 2.05) is 0 Å². The Morgan fingerprint density at radius 1 is 1.36 bits per heavy atom. The van der Waals surface area contributed by atoms with Gasteiger partial charge in [0.25, 0.3) is 0 Å². The molecule has 0 aliphatic heterocycles. The van der Waals surface area contributed by atoms with Crippen LogP contribution in [0.3, 0.4) is 0 Å². The van der Waals surface area contributed by atoms with Gasteiger partial charge in [0, 0.05) is 4.47 Å². The van der Waals surface area contributed by atoms with Gasteiger partial charge >= 0.3 is 5.97 Å². The fraction of sp³-hybridized carbons (Fsp3) is 0. The molecule has 4 heteroatoms.